The van der Waals surface area contributed by atoms with Gasteiger partial charge in [-0.15, -0.1) is 11.3 Å². The molecule has 1 aliphatic heterocycles. The molecule has 2 amide bonds. The van der Waals surface area contributed by atoms with Crippen molar-refractivity contribution in [3.05, 3.63) is 46.5 Å². The van der Waals surface area contributed by atoms with Gasteiger partial charge in [-0.05, 0) is 49.5 Å². The van der Waals surface area contributed by atoms with Crippen molar-refractivity contribution in [3.8, 4) is 0 Å². The Morgan fingerprint density at radius 2 is 1.93 bits per heavy atom. The first-order chi connectivity index (χ1) is 12.9. The first-order valence-electron chi connectivity index (χ1n) is 8.76. The van der Waals surface area contributed by atoms with Crippen molar-refractivity contribution in [2.45, 2.75) is 25.4 Å². The largest absolute Gasteiger partial charge is 0.416 e. The van der Waals surface area contributed by atoms with E-state index in [1.54, 1.807) is 6.20 Å². The zero-order valence-corrected chi connectivity index (χ0v) is 15.4. The number of piperidine rings is 1. The number of carbonyl (C=O) groups excluding carboxylic acids is 1. The second-order valence-electron chi connectivity index (χ2n) is 6.53. The summed E-state index contributed by atoms with van der Waals surface area (Å²) in [6.07, 6.45) is -0.135. The predicted octanol–water partition coefficient (Wildman–Crippen LogP) is 3.87. The van der Waals surface area contributed by atoms with Gasteiger partial charge in [-0.2, -0.15) is 13.2 Å². The molecule has 0 saturated carbocycles. The number of rotatable bonds is 5. The van der Waals surface area contributed by atoms with E-state index in [4.69, 9.17) is 0 Å². The molecule has 1 aromatic carbocycles. The number of carbonyl (C=O) groups is 1. The maximum Gasteiger partial charge on any atom is 0.416 e. The number of nitrogens with zero attached hydrogens (tertiary/aromatic N) is 1. The van der Waals surface area contributed by atoms with Crippen molar-refractivity contribution in [1.82, 2.24) is 15.6 Å². The molecule has 1 aromatic heterocycles. The van der Waals surface area contributed by atoms with Gasteiger partial charge in [0.05, 0.1) is 5.56 Å². The van der Waals surface area contributed by atoms with E-state index in [1.165, 1.54) is 23.5 Å². The van der Waals surface area contributed by atoms with Crippen LogP contribution < -0.4 is 16.0 Å². The van der Waals surface area contributed by atoms with Gasteiger partial charge < -0.3 is 10.6 Å². The fourth-order valence-corrected chi connectivity index (χ4v) is 3.77. The topological polar surface area (TPSA) is 66.1 Å². The maximum atomic E-state index is 12.6. The van der Waals surface area contributed by atoms with Gasteiger partial charge in [0, 0.05) is 24.0 Å². The molecule has 0 bridgehead atoms. The van der Waals surface area contributed by atoms with Crippen LogP contribution >= 0.6 is 11.3 Å². The molecule has 0 atom stereocenters. The molecule has 1 aliphatic rings. The minimum Gasteiger partial charge on any atom is -0.338 e. The van der Waals surface area contributed by atoms with E-state index in [0.29, 0.717) is 24.0 Å². The Balaban J connectivity index is 1.48. The first-order valence-corrected chi connectivity index (χ1v) is 9.58. The van der Waals surface area contributed by atoms with Gasteiger partial charge in [-0.25, -0.2) is 9.78 Å². The smallest absolute Gasteiger partial charge is 0.338 e. The molecule has 0 unspecified atom stereocenters. The zero-order chi connectivity index (χ0) is 19.3. The molecular formula is C18H21F3N4OS. The third-order valence-electron chi connectivity index (χ3n) is 4.44. The average molecular weight is 398 g/mol. The van der Waals surface area contributed by atoms with Crippen LogP contribution in [0.5, 0.6) is 0 Å². The van der Waals surface area contributed by atoms with Gasteiger partial charge in [0.2, 0.25) is 0 Å². The SMILES string of the molecule is O=C(NCC1CCNCC1)Nc1ncc(Cc2ccc(C(F)(F)F)cc2)s1. The lowest BCUT2D eigenvalue weighted by Gasteiger charge is -2.22. The second kappa shape index (κ2) is 8.71. The van der Waals surface area contributed by atoms with Crippen molar-refractivity contribution in [2.24, 2.45) is 5.92 Å². The Morgan fingerprint density at radius 1 is 1.22 bits per heavy atom. The van der Waals surface area contributed by atoms with Gasteiger partial charge in [-0.3, -0.25) is 5.32 Å². The molecule has 9 heteroatoms. The van der Waals surface area contributed by atoms with Crippen LogP contribution in [0.1, 0.15) is 28.8 Å². The maximum absolute atomic E-state index is 12.6. The van der Waals surface area contributed by atoms with E-state index < -0.39 is 11.7 Å². The van der Waals surface area contributed by atoms with Crippen LogP contribution in [-0.2, 0) is 12.6 Å². The fraction of sp³-hybridized carbons (Fsp3) is 0.444. The lowest BCUT2D eigenvalue weighted by Crippen LogP contribution is -2.37. The van der Waals surface area contributed by atoms with Gasteiger partial charge >= 0.3 is 12.2 Å². The number of amides is 2. The van der Waals surface area contributed by atoms with Crippen LogP contribution in [0.2, 0.25) is 0 Å². The van der Waals surface area contributed by atoms with Gasteiger partial charge in [-0.1, -0.05) is 12.1 Å². The van der Waals surface area contributed by atoms with Gasteiger partial charge in [0.15, 0.2) is 5.13 Å². The van der Waals surface area contributed by atoms with Crippen molar-refractivity contribution in [2.75, 3.05) is 25.0 Å². The molecular weight excluding hydrogens is 377 g/mol. The number of benzene rings is 1. The van der Waals surface area contributed by atoms with Gasteiger partial charge in [0.25, 0.3) is 0 Å². The minimum atomic E-state index is -4.33. The molecule has 1 saturated heterocycles. The second-order valence-corrected chi connectivity index (χ2v) is 7.65. The van der Waals surface area contributed by atoms with Crippen LogP contribution in [0.25, 0.3) is 0 Å². The van der Waals surface area contributed by atoms with Crippen LogP contribution in [0.3, 0.4) is 0 Å². The predicted molar refractivity (Wildman–Crippen MR) is 99.0 cm³/mol. The van der Waals surface area contributed by atoms with E-state index in [-0.39, 0.29) is 6.03 Å². The van der Waals surface area contributed by atoms with E-state index in [1.807, 2.05) is 0 Å². The molecule has 0 spiro atoms. The number of thiazole rings is 1. The summed E-state index contributed by atoms with van der Waals surface area (Å²) in [5.41, 5.74) is 0.0943. The molecule has 2 aromatic rings. The Morgan fingerprint density at radius 3 is 2.59 bits per heavy atom. The third kappa shape index (κ3) is 5.93. The summed E-state index contributed by atoms with van der Waals surface area (Å²) in [6, 6.07) is 4.78. The quantitative estimate of drug-likeness (QED) is 0.716. The van der Waals surface area contributed by atoms with E-state index in [0.717, 1.165) is 48.5 Å². The molecule has 1 fully saturated rings. The molecule has 3 rings (SSSR count). The fourth-order valence-electron chi connectivity index (χ4n) is 2.92. The normalized spacial score (nSPS) is 15.5. The lowest BCUT2D eigenvalue weighted by molar-refractivity contribution is -0.137. The highest BCUT2D eigenvalue weighted by molar-refractivity contribution is 7.15. The van der Waals surface area contributed by atoms with Crippen LogP contribution in [0.15, 0.2) is 30.5 Å². The van der Waals surface area contributed by atoms with Crippen molar-refractivity contribution >= 4 is 22.5 Å². The summed E-state index contributed by atoms with van der Waals surface area (Å²) in [6.45, 7) is 2.60. The highest BCUT2D eigenvalue weighted by Crippen LogP contribution is 2.29. The number of aromatic nitrogens is 1. The van der Waals surface area contributed by atoms with Gasteiger partial charge in [0.1, 0.15) is 0 Å². The Labute approximate surface area is 159 Å². The van der Waals surface area contributed by atoms with Crippen molar-refractivity contribution in [3.63, 3.8) is 0 Å². The molecule has 2 heterocycles. The summed E-state index contributed by atoms with van der Waals surface area (Å²) >= 11 is 1.31. The molecule has 3 N–H and O–H groups in total. The monoisotopic (exact) mass is 398 g/mol. The Bertz CT molecular complexity index is 755. The van der Waals surface area contributed by atoms with Crippen molar-refractivity contribution in [1.29, 1.82) is 0 Å². The summed E-state index contributed by atoms with van der Waals surface area (Å²) in [5.74, 6) is 0.489. The lowest BCUT2D eigenvalue weighted by atomic mass is 9.98. The van der Waals surface area contributed by atoms with Crippen LogP contribution in [0, 0.1) is 5.92 Å². The highest BCUT2D eigenvalue weighted by Gasteiger charge is 2.29. The number of anilines is 1. The first kappa shape index (κ1) is 19.6. The standard InChI is InChI=1S/C18H21F3N4OS/c19-18(20,21)14-3-1-12(2-4-14)9-15-11-24-17(27-15)25-16(26)23-10-13-5-7-22-8-6-13/h1-4,11,13,22H,5-10H2,(H2,23,24,25,26). The number of nitrogens with one attached hydrogen (secondary N) is 3. The number of alkyl halides is 3. The molecule has 0 aliphatic carbocycles. The summed E-state index contributed by atoms with van der Waals surface area (Å²) < 4.78 is 37.8. The van der Waals surface area contributed by atoms with Crippen molar-refractivity contribution < 1.29 is 18.0 Å². The minimum absolute atomic E-state index is 0.288. The highest BCUT2D eigenvalue weighted by atomic mass is 32.1. The summed E-state index contributed by atoms with van der Waals surface area (Å²) in [5, 5.41) is 9.33. The van der Waals surface area contributed by atoms with Crippen LogP contribution in [0.4, 0.5) is 23.1 Å². The molecule has 27 heavy (non-hydrogen) atoms. The molecule has 146 valence electrons. The van der Waals surface area contributed by atoms with E-state index in [2.05, 4.69) is 20.9 Å². The zero-order valence-electron chi connectivity index (χ0n) is 14.6. The van der Waals surface area contributed by atoms with E-state index >= 15 is 0 Å². The van der Waals surface area contributed by atoms with Crippen LogP contribution in [-0.4, -0.2) is 30.6 Å². The molecule has 5 nitrogen and oxygen atoms in total. The number of hydrogen-bond donors (Lipinski definition) is 3. The summed E-state index contributed by atoms with van der Waals surface area (Å²) in [7, 11) is 0. The van der Waals surface area contributed by atoms with E-state index in [9.17, 15) is 18.0 Å². The Kier molecular flexibility index (Phi) is 6.33. The number of halogens is 3. The number of hydrogen-bond acceptors (Lipinski definition) is 4. The molecule has 0 radical (unpaired) electrons. The Hall–Kier alpha value is -2.13. The summed E-state index contributed by atoms with van der Waals surface area (Å²) in [4.78, 5) is 17.0. The third-order valence-corrected chi connectivity index (χ3v) is 5.36. The average Bonchev–Trinajstić information content (AvgIpc) is 3.07. The number of urea groups is 1.